The Morgan fingerprint density at radius 1 is 1.33 bits per heavy atom. The van der Waals surface area contributed by atoms with E-state index in [1.807, 2.05) is 43.3 Å². The molecule has 1 aromatic carbocycles. The van der Waals surface area contributed by atoms with Crippen LogP contribution in [0.15, 0.2) is 40.2 Å². The van der Waals surface area contributed by atoms with E-state index in [0.717, 1.165) is 18.2 Å². The van der Waals surface area contributed by atoms with E-state index in [9.17, 15) is 4.79 Å². The van der Waals surface area contributed by atoms with Crippen molar-refractivity contribution in [3.63, 3.8) is 0 Å². The molecule has 128 valence electrons. The molecular formula is C16H21N5O3. The third-order valence-corrected chi connectivity index (χ3v) is 2.66. The van der Waals surface area contributed by atoms with Gasteiger partial charge in [0.2, 0.25) is 5.95 Å². The van der Waals surface area contributed by atoms with Gasteiger partial charge in [-0.2, -0.15) is 5.10 Å². The smallest absolute Gasteiger partial charge is 0.300 e. The number of hydrogen-bond acceptors (Lipinski definition) is 6. The van der Waals surface area contributed by atoms with Gasteiger partial charge < -0.3 is 10.0 Å². The van der Waals surface area contributed by atoms with E-state index in [4.69, 9.17) is 9.90 Å². The van der Waals surface area contributed by atoms with Crippen LogP contribution in [0.1, 0.15) is 18.2 Å². The van der Waals surface area contributed by atoms with Gasteiger partial charge in [0.1, 0.15) is 0 Å². The van der Waals surface area contributed by atoms with Crippen molar-refractivity contribution in [2.24, 2.45) is 5.10 Å². The lowest BCUT2D eigenvalue weighted by atomic mass is 10.2. The number of nitrogens with zero attached hydrogens (tertiary/aromatic N) is 3. The van der Waals surface area contributed by atoms with E-state index < -0.39 is 5.97 Å². The molecule has 0 atom stereocenters. The van der Waals surface area contributed by atoms with Crippen molar-refractivity contribution in [3.8, 4) is 0 Å². The van der Waals surface area contributed by atoms with Crippen molar-refractivity contribution in [3.05, 3.63) is 51.9 Å². The first kappa shape index (κ1) is 18.9. The Kier molecular flexibility index (Phi) is 7.15. The zero-order chi connectivity index (χ0) is 18.1. The quantitative estimate of drug-likeness (QED) is 0.581. The molecule has 0 saturated carbocycles. The molecule has 2 aromatic rings. The van der Waals surface area contributed by atoms with E-state index in [0.29, 0.717) is 11.6 Å². The number of aryl methyl sites for hydroxylation is 1. The first-order chi connectivity index (χ1) is 11.3. The van der Waals surface area contributed by atoms with Crippen LogP contribution >= 0.6 is 0 Å². The molecule has 8 nitrogen and oxygen atoms in total. The highest BCUT2D eigenvalue weighted by Gasteiger charge is 1.96. The fraction of sp³-hybridized carbons (Fsp3) is 0.250. The molecule has 0 spiro atoms. The molecule has 0 saturated heterocycles. The Balaban J connectivity index is 0.000000648. The highest BCUT2D eigenvalue weighted by molar-refractivity contribution is 5.80. The third kappa shape index (κ3) is 7.21. The predicted molar refractivity (Wildman–Crippen MR) is 94.9 cm³/mol. The molecule has 0 aliphatic carbocycles. The molecule has 0 aliphatic rings. The second-order valence-electron chi connectivity index (χ2n) is 5.11. The van der Waals surface area contributed by atoms with Gasteiger partial charge in [0, 0.05) is 38.5 Å². The average molecular weight is 331 g/mol. The van der Waals surface area contributed by atoms with Crippen molar-refractivity contribution in [1.82, 2.24) is 9.97 Å². The van der Waals surface area contributed by atoms with Crippen molar-refractivity contribution in [1.29, 1.82) is 0 Å². The molecule has 24 heavy (non-hydrogen) atoms. The normalized spacial score (nSPS) is 10.0. The summed E-state index contributed by atoms with van der Waals surface area (Å²) >= 11 is 0. The number of carbonyl (C=O) groups is 1. The number of hydrazone groups is 1. The molecule has 0 radical (unpaired) electrons. The summed E-state index contributed by atoms with van der Waals surface area (Å²) in [6, 6.07) is 9.37. The van der Waals surface area contributed by atoms with Crippen molar-refractivity contribution in [2.45, 2.75) is 13.8 Å². The second-order valence-corrected chi connectivity index (χ2v) is 5.11. The molecule has 1 heterocycles. The average Bonchev–Trinajstić information content (AvgIpc) is 2.46. The number of H-pyrrole nitrogens is 1. The fourth-order valence-corrected chi connectivity index (χ4v) is 1.66. The van der Waals surface area contributed by atoms with Crippen molar-refractivity contribution in [2.75, 3.05) is 24.4 Å². The minimum atomic E-state index is -0.833. The molecule has 0 unspecified atom stereocenters. The molecule has 3 N–H and O–H groups in total. The maximum Gasteiger partial charge on any atom is 0.300 e. The number of aromatic nitrogens is 2. The summed E-state index contributed by atoms with van der Waals surface area (Å²) in [6.45, 7) is 2.84. The zero-order valence-electron chi connectivity index (χ0n) is 14.1. The number of anilines is 2. The van der Waals surface area contributed by atoms with Gasteiger partial charge in [-0.25, -0.2) is 10.4 Å². The van der Waals surface area contributed by atoms with E-state index in [-0.39, 0.29) is 5.56 Å². The van der Waals surface area contributed by atoms with Crippen molar-refractivity contribution >= 4 is 23.8 Å². The molecule has 8 heteroatoms. The number of carboxylic acids is 1. The summed E-state index contributed by atoms with van der Waals surface area (Å²) in [5.74, 6) is -0.504. The van der Waals surface area contributed by atoms with Crippen LogP contribution in [0.3, 0.4) is 0 Å². The third-order valence-electron chi connectivity index (χ3n) is 2.66. The van der Waals surface area contributed by atoms with Gasteiger partial charge in [0.05, 0.1) is 6.21 Å². The largest absolute Gasteiger partial charge is 0.481 e. The number of carboxylic acid groups (broad SMARTS) is 1. The Morgan fingerprint density at radius 2 is 1.92 bits per heavy atom. The minimum Gasteiger partial charge on any atom is -0.481 e. The van der Waals surface area contributed by atoms with Gasteiger partial charge >= 0.3 is 0 Å². The van der Waals surface area contributed by atoms with Crippen LogP contribution in [-0.2, 0) is 4.79 Å². The van der Waals surface area contributed by atoms with Gasteiger partial charge in [0.25, 0.3) is 11.5 Å². The Labute approximate surface area is 139 Å². The lowest BCUT2D eigenvalue weighted by Crippen LogP contribution is -2.10. The Morgan fingerprint density at radius 3 is 2.42 bits per heavy atom. The standard InChI is InChI=1S/C14H17N5O.C2H4O2/c1-10-8-13(20)17-14(16-10)18-15-9-11-4-6-12(7-5-11)19(2)3;1-2(3)4/h4-9H,1-3H3,(H2,16,17,18,20);1H3,(H,3,4). The SMILES string of the molecule is CC(=O)O.Cc1cc(=O)[nH]c(NN=Cc2ccc(N(C)C)cc2)n1. The number of aromatic amines is 1. The molecule has 0 fully saturated rings. The van der Waals surface area contributed by atoms with Crippen LogP contribution in [0.4, 0.5) is 11.6 Å². The molecule has 0 bridgehead atoms. The van der Waals surface area contributed by atoms with Crippen LogP contribution in [-0.4, -0.2) is 41.4 Å². The van der Waals surface area contributed by atoms with Gasteiger partial charge in [-0.05, 0) is 24.6 Å². The Bertz CT molecular complexity index is 747. The number of nitrogens with one attached hydrogen (secondary N) is 2. The molecule has 2 rings (SSSR count). The van der Waals surface area contributed by atoms with Gasteiger partial charge in [0.15, 0.2) is 0 Å². The number of benzene rings is 1. The summed E-state index contributed by atoms with van der Waals surface area (Å²) in [6.07, 6.45) is 1.67. The van der Waals surface area contributed by atoms with Crippen LogP contribution < -0.4 is 15.9 Å². The second kappa shape index (κ2) is 9.09. The lowest BCUT2D eigenvalue weighted by Gasteiger charge is -2.11. The summed E-state index contributed by atoms with van der Waals surface area (Å²) in [4.78, 5) is 29.0. The lowest BCUT2D eigenvalue weighted by molar-refractivity contribution is -0.134. The van der Waals surface area contributed by atoms with E-state index >= 15 is 0 Å². The first-order valence-corrected chi connectivity index (χ1v) is 7.12. The monoisotopic (exact) mass is 331 g/mol. The minimum absolute atomic E-state index is 0.203. The van der Waals surface area contributed by atoms with E-state index in [2.05, 4.69) is 20.5 Å². The maximum atomic E-state index is 11.3. The van der Waals surface area contributed by atoms with Crippen LogP contribution in [0.5, 0.6) is 0 Å². The highest BCUT2D eigenvalue weighted by Crippen LogP contribution is 2.10. The predicted octanol–water partition coefficient (Wildman–Crippen LogP) is 1.68. The van der Waals surface area contributed by atoms with Crippen LogP contribution in [0, 0.1) is 6.92 Å². The van der Waals surface area contributed by atoms with E-state index in [1.54, 1.807) is 13.1 Å². The number of hydrogen-bond donors (Lipinski definition) is 3. The van der Waals surface area contributed by atoms with Gasteiger partial charge in [-0.1, -0.05) is 12.1 Å². The highest BCUT2D eigenvalue weighted by atomic mass is 16.4. The van der Waals surface area contributed by atoms with Gasteiger partial charge in [-0.15, -0.1) is 0 Å². The molecular weight excluding hydrogens is 310 g/mol. The summed E-state index contributed by atoms with van der Waals surface area (Å²) in [7, 11) is 3.98. The molecule has 0 aliphatic heterocycles. The molecule has 1 aromatic heterocycles. The van der Waals surface area contributed by atoms with Crippen molar-refractivity contribution < 1.29 is 9.90 Å². The van der Waals surface area contributed by atoms with Crippen LogP contribution in [0.25, 0.3) is 0 Å². The van der Waals surface area contributed by atoms with E-state index in [1.165, 1.54) is 6.07 Å². The fourth-order valence-electron chi connectivity index (χ4n) is 1.66. The zero-order valence-corrected chi connectivity index (χ0v) is 14.1. The summed E-state index contributed by atoms with van der Waals surface area (Å²) in [5, 5.41) is 11.5. The number of rotatable bonds is 4. The first-order valence-electron chi connectivity index (χ1n) is 7.12. The van der Waals surface area contributed by atoms with Gasteiger partial charge in [-0.3, -0.25) is 14.6 Å². The maximum absolute atomic E-state index is 11.3. The molecule has 0 amide bonds. The topological polar surface area (TPSA) is 111 Å². The van der Waals surface area contributed by atoms with Crippen LogP contribution in [0.2, 0.25) is 0 Å². The summed E-state index contributed by atoms with van der Waals surface area (Å²) in [5.41, 5.74) is 5.22. The number of aliphatic carboxylic acids is 1. The Hall–Kier alpha value is -3.16. The summed E-state index contributed by atoms with van der Waals surface area (Å²) < 4.78 is 0.